The second-order valence-electron chi connectivity index (χ2n) is 13.0. The Hall–Kier alpha value is -7.04. The number of furan rings is 1. The van der Waals surface area contributed by atoms with Crippen molar-refractivity contribution in [1.82, 2.24) is 4.57 Å². The predicted molar refractivity (Wildman–Crippen MR) is 217 cm³/mol. The highest BCUT2D eigenvalue weighted by atomic mass is 16.3. The number of nitrogens with zero attached hydrogens (tertiary/aromatic N) is 3. The largest absolute Gasteiger partial charge is 0.455 e. The maximum Gasteiger partial charge on any atom is 0.145 e. The minimum Gasteiger partial charge on any atom is -0.455 e. The summed E-state index contributed by atoms with van der Waals surface area (Å²) in [7, 11) is 0. The molecule has 0 saturated heterocycles. The first-order valence-electron chi connectivity index (χ1n) is 17.6. The Labute approximate surface area is 301 Å². The van der Waals surface area contributed by atoms with Crippen molar-refractivity contribution in [3.63, 3.8) is 0 Å². The summed E-state index contributed by atoms with van der Waals surface area (Å²) < 4.78 is 9.04. The first-order chi connectivity index (χ1) is 25.8. The van der Waals surface area contributed by atoms with Gasteiger partial charge in [0.1, 0.15) is 11.2 Å². The molecule has 0 bridgehead atoms. The summed E-state index contributed by atoms with van der Waals surface area (Å²) in [6.45, 7) is 0. The van der Waals surface area contributed by atoms with E-state index in [1.807, 2.05) is 6.07 Å². The van der Waals surface area contributed by atoms with Crippen molar-refractivity contribution in [2.45, 2.75) is 0 Å². The van der Waals surface area contributed by atoms with E-state index < -0.39 is 0 Å². The molecule has 4 nitrogen and oxygen atoms in total. The molecule has 4 heteroatoms. The lowest BCUT2D eigenvalue weighted by atomic mass is 10.1. The molecular formula is C48H33N3O. The molecule has 246 valence electrons. The molecule has 0 N–H and O–H groups in total. The van der Waals surface area contributed by atoms with Gasteiger partial charge in [-0.3, -0.25) is 0 Å². The van der Waals surface area contributed by atoms with Crippen LogP contribution in [0.25, 0.3) is 49.4 Å². The maximum absolute atomic E-state index is 6.66. The number of hydrogen-bond donors (Lipinski definition) is 0. The van der Waals surface area contributed by atoms with Crippen LogP contribution in [-0.2, 0) is 0 Å². The standard InChI is InChI=1S/C48H33N3O/c1-5-15-34(16-6-1)49(35-17-7-2-8-18-35)38-25-27-39(28-26-38)51-44-32-31-42-41-23-13-14-24-46(41)52-48(42)47(44)43-30-29-40(33-45(43)51)50(36-19-9-3-10-20-36)37-21-11-4-12-22-37/h1-33H. The molecule has 0 saturated carbocycles. The topological polar surface area (TPSA) is 24.6 Å². The zero-order valence-electron chi connectivity index (χ0n) is 28.3. The van der Waals surface area contributed by atoms with Crippen molar-refractivity contribution in [2.24, 2.45) is 0 Å². The van der Waals surface area contributed by atoms with Gasteiger partial charge in [-0.2, -0.15) is 0 Å². The molecule has 8 aromatic carbocycles. The highest BCUT2D eigenvalue weighted by Gasteiger charge is 2.21. The third kappa shape index (κ3) is 4.92. The molecule has 0 radical (unpaired) electrons. The summed E-state index contributed by atoms with van der Waals surface area (Å²) >= 11 is 0. The van der Waals surface area contributed by atoms with Crippen LogP contribution in [0.3, 0.4) is 0 Å². The summed E-state index contributed by atoms with van der Waals surface area (Å²) in [5, 5.41) is 4.50. The van der Waals surface area contributed by atoms with Gasteiger partial charge in [-0.1, -0.05) is 91.0 Å². The van der Waals surface area contributed by atoms with Gasteiger partial charge in [0.15, 0.2) is 0 Å². The van der Waals surface area contributed by atoms with Crippen molar-refractivity contribution < 1.29 is 4.42 Å². The molecule has 52 heavy (non-hydrogen) atoms. The predicted octanol–water partition coefficient (Wildman–Crippen LogP) is 13.6. The number of rotatable bonds is 7. The lowest BCUT2D eigenvalue weighted by Gasteiger charge is -2.26. The number of para-hydroxylation sites is 5. The van der Waals surface area contributed by atoms with Gasteiger partial charge < -0.3 is 18.8 Å². The van der Waals surface area contributed by atoms with Gasteiger partial charge in [0.2, 0.25) is 0 Å². The van der Waals surface area contributed by atoms with E-state index in [0.717, 1.165) is 83.6 Å². The van der Waals surface area contributed by atoms with Crippen molar-refractivity contribution in [3.05, 3.63) is 200 Å². The van der Waals surface area contributed by atoms with Crippen molar-refractivity contribution in [1.29, 1.82) is 0 Å². The normalized spacial score (nSPS) is 11.5. The fourth-order valence-corrected chi connectivity index (χ4v) is 7.64. The van der Waals surface area contributed by atoms with Crippen molar-refractivity contribution >= 4 is 77.9 Å². The van der Waals surface area contributed by atoms with E-state index >= 15 is 0 Å². The second-order valence-corrected chi connectivity index (χ2v) is 13.0. The van der Waals surface area contributed by atoms with Gasteiger partial charge in [-0.25, -0.2) is 0 Å². The average molecular weight is 668 g/mol. The van der Waals surface area contributed by atoms with Crippen LogP contribution in [-0.4, -0.2) is 4.57 Å². The van der Waals surface area contributed by atoms with E-state index in [-0.39, 0.29) is 0 Å². The minimum absolute atomic E-state index is 0.896. The summed E-state index contributed by atoms with van der Waals surface area (Å²) in [6, 6.07) is 70.7. The molecule has 10 aromatic rings. The average Bonchev–Trinajstić information content (AvgIpc) is 3.76. The van der Waals surface area contributed by atoms with Crippen LogP contribution in [0.2, 0.25) is 0 Å². The fourth-order valence-electron chi connectivity index (χ4n) is 7.64. The molecular weight excluding hydrogens is 635 g/mol. The lowest BCUT2D eigenvalue weighted by molar-refractivity contribution is 0.673. The van der Waals surface area contributed by atoms with Gasteiger partial charge in [0.25, 0.3) is 0 Å². The SMILES string of the molecule is c1ccc(N(c2ccccc2)c2ccc(-n3c4cc(N(c5ccccc5)c5ccccc5)ccc4c4c5oc6ccccc6c5ccc43)cc2)cc1. The summed E-state index contributed by atoms with van der Waals surface area (Å²) in [5.74, 6) is 0. The van der Waals surface area contributed by atoms with E-state index in [0.29, 0.717) is 0 Å². The Kier molecular flexibility index (Phi) is 7.10. The molecule has 0 amide bonds. The first kappa shape index (κ1) is 29.8. The van der Waals surface area contributed by atoms with Crippen LogP contribution >= 0.6 is 0 Å². The Morgan fingerprint density at radius 2 is 0.808 bits per heavy atom. The molecule has 0 fully saturated rings. The van der Waals surface area contributed by atoms with Crippen molar-refractivity contribution in [2.75, 3.05) is 9.80 Å². The Morgan fingerprint density at radius 1 is 0.346 bits per heavy atom. The Bertz CT molecular complexity index is 2750. The van der Waals surface area contributed by atoms with Crippen molar-refractivity contribution in [3.8, 4) is 5.69 Å². The van der Waals surface area contributed by atoms with Gasteiger partial charge in [-0.05, 0) is 109 Å². The molecule has 0 aliphatic carbocycles. The molecule has 2 heterocycles. The summed E-state index contributed by atoms with van der Waals surface area (Å²) in [5.41, 5.74) is 11.7. The Balaban J connectivity index is 1.21. The van der Waals surface area contributed by atoms with E-state index in [1.54, 1.807) is 0 Å². The maximum atomic E-state index is 6.66. The van der Waals surface area contributed by atoms with E-state index in [9.17, 15) is 0 Å². The van der Waals surface area contributed by atoms with Crippen LogP contribution in [0, 0.1) is 0 Å². The fraction of sp³-hybridized carbons (Fsp3) is 0. The molecule has 0 aliphatic rings. The number of aromatic nitrogens is 1. The van der Waals surface area contributed by atoms with E-state index in [4.69, 9.17) is 4.42 Å². The summed E-state index contributed by atoms with van der Waals surface area (Å²) in [6.07, 6.45) is 0. The number of benzene rings is 8. The highest BCUT2D eigenvalue weighted by Crippen LogP contribution is 2.44. The van der Waals surface area contributed by atoms with Crippen LogP contribution in [0.15, 0.2) is 205 Å². The molecule has 2 aromatic heterocycles. The van der Waals surface area contributed by atoms with Crippen LogP contribution < -0.4 is 9.80 Å². The summed E-state index contributed by atoms with van der Waals surface area (Å²) in [4.78, 5) is 4.61. The number of anilines is 6. The zero-order chi connectivity index (χ0) is 34.4. The number of fused-ring (bicyclic) bond motifs is 7. The molecule has 0 unspecified atom stereocenters. The molecule has 0 spiro atoms. The van der Waals surface area contributed by atoms with Gasteiger partial charge >= 0.3 is 0 Å². The quantitative estimate of drug-likeness (QED) is 0.169. The van der Waals surface area contributed by atoms with E-state index in [1.165, 1.54) is 0 Å². The molecule has 0 atom stereocenters. The third-order valence-corrected chi connectivity index (χ3v) is 9.94. The van der Waals surface area contributed by atoms with Crippen LogP contribution in [0.5, 0.6) is 0 Å². The van der Waals surface area contributed by atoms with E-state index in [2.05, 4.69) is 208 Å². The number of hydrogen-bond acceptors (Lipinski definition) is 3. The van der Waals surface area contributed by atoms with Gasteiger partial charge in [-0.15, -0.1) is 0 Å². The minimum atomic E-state index is 0.896. The smallest absolute Gasteiger partial charge is 0.145 e. The highest BCUT2D eigenvalue weighted by molar-refractivity contribution is 6.24. The third-order valence-electron chi connectivity index (χ3n) is 9.94. The Morgan fingerprint density at radius 3 is 1.38 bits per heavy atom. The second kappa shape index (κ2) is 12.4. The molecule has 0 aliphatic heterocycles. The zero-order valence-corrected chi connectivity index (χ0v) is 28.3. The van der Waals surface area contributed by atoms with Gasteiger partial charge in [0.05, 0.1) is 16.4 Å². The monoisotopic (exact) mass is 667 g/mol. The van der Waals surface area contributed by atoms with Crippen LogP contribution in [0.4, 0.5) is 34.1 Å². The van der Waals surface area contributed by atoms with Crippen LogP contribution in [0.1, 0.15) is 0 Å². The van der Waals surface area contributed by atoms with Gasteiger partial charge in [0, 0.05) is 56.0 Å². The first-order valence-corrected chi connectivity index (χ1v) is 17.6. The molecule has 10 rings (SSSR count). The lowest BCUT2D eigenvalue weighted by Crippen LogP contribution is -2.10.